The van der Waals surface area contributed by atoms with Gasteiger partial charge in [-0.05, 0) is 49.7 Å². The molecule has 0 radical (unpaired) electrons. The summed E-state index contributed by atoms with van der Waals surface area (Å²) in [5.74, 6) is -0.213. The van der Waals surface area contributed by atoms with Gasteiger partial charge < -0.3 is 10.1 Å². The fraction of sp³-hybridized carbons (Fsp3) is 0.185. The molecule has 4 rings (SSSR count). The van der Waals surface area contributed by atoms with Crippen LogP contribution < -0.4 is 15.6 Å². The molecule has 1 amide bonds. The highest BCUT2D eigenvalue weighted by molar-refractivity contribution is 9.10. The number of aromatic nitrogens is 2. The number of nitrogens with one attached hydrogen (secondary N) is 1. The third kappa shape index (κ3) is 6.76. The quantitative estimate of drug-likeness (QED) is 0.134. The van der Waals surface area contributed by atoms with Crippen LogP contribution >= 0.6 is 31.9 Å². The molecule has 0 saturated heterocycles. The Balaban J connectivity index is 1.71. The lowest BCUT2D eigenvalue weighted by molar-refractivity contribution is -0.385. The minimum atomic E-state index is -0.612. The lowest BCUT2D eigenvalue weighted by Crippen LogP contribution is -2.23. The van der Waals surface area contributed by atoms with E-state index in [4.69, 9.17) is 4.74 Å². The number of carbonyl (C=O) groups excluding carboxylic acids is 1. The maximum Gasteiger partial charge on any atom is 0.312 e. The first-order chi connectivity index (χ1) is 18.7. The van der Waals surface area contributed by atoms with Crippen LogP contribution in [0.1, 0.15) is 30.3 Å². The van der Waals surface area contributed by atoms with Crippen molar-refractivity contribution < 1.29 is 14.5 Å². The number of ether oxygens (including phenoxy) is 1. The van der Waals surface area contributed by atoms with E-state index in [-0.39, 0.29) is 22.6 Å². The summed E-state index contributed by atoms with van der Waals surface area (Å²) in [5.41, 5.74) is 1.59. The van der Waals surface area contributed by atoms with Gasteiger partial charge in [0.05, 0.1) is 22.0 Å². The number of benzene rings is 3. The standard InChI is InChI=1S/C27H23Br2N5O5/c1-3-4-24-32-22-10-7-18(28)12-21(22)27(36)33(24)30-14-17-11-19(29)13-23(34(37)38)26(17)39-15-25(35)31-20-8-5-16(2)6-9-20/h5-14H,3-4,15H2,1-2H3,(H,31,35). The molecule has 0 unspecified atom stereocenters. The second-order valence-corrected chi connectivity index (χ2v) is 10.4. The molecule has 39 heavy (non-hydrogen) atoms. The molecule has 0 aliphatic rings. The van der Waals surface area contributed by atoms with Crippen LogP contribution in [0.25, 0.3) is 10.9 Å². The molecule has 10 nitrogen and oxygen atoms in total. The first kappa shape index (κ1) is 28.1. The maximum atomic E-state index is 13.3. The van der Waals surface area contributed by atoms with Crippen molar-refractivity contribution in [3.05, 3.63) is 101 Å². The summed E-state index contributed by atoms with van der Waals surface area (Å²) in [6, 6.07) is 15.2. The highest BCUT2D eigenvalue weighted by Gasteiger charge is 2.22. The van der Waals surface area contributed by atoms with Gasteiger partial charge in [0.1, 0.15) is 5.82 Å². The van der Waals surface area contributed by atoms with Crippen LogP contribution in [0.2, 0.25) is 0 Å². The maximum absolute atomic E-state index is 13.3. The second-order valence-electron chi connectivity index (χ2n) is 8.60. The van der Waals surface area contributed by atoms with Gasteiger partial charge in [-0.2, -0.15) is 9.78 Å². The van der Waals surface area contributed by atoms with E-state index in [1.807, 2.05) is 26.0 Å². The second kappa shape index (κ2) is 12.3. The third-order valence-electron chi connectivity index (χ3n) is 5.60. The molecule has 4 aromatic rings. The van der Waals surface area contributed by atoms with Crippen molar-refractivity contribution in [1.82, 2.24) is 9.66 Å². The van der Waals surface area contributed by atoms with E-state index in [0.29, 0.717) is 33.3 Å². The van der Waals surface area contributed by atoms with E-state index in [1.165, 1.54) is 17.0 Å². The summed E-state index contributed by atoms with van der Waals surface area (Å²) in [6.45, 7) is 3.40. The number of hydrogen-bond donors (Lipinski definition) is 1. The minimum Gasteiger partial charge on any atom is -0.476 e. The summed E-state index contributed by atoms with van der Waals surface area (Å²) >= 11 is 6.65. The number of carbonyl (C=O) groups is 1. The third-order valence-corrected chi connectivity index (χ3v) is 6.55. The Morgan fingerprint density at radius 3 is 2.59 bits per heavy atom. The van der Waals surface area contributed by atoms with E-state index in [1.54, 1.807) is 36.4 Å². The molecule has 0 bridgehead atoms. The summed E-state index contributed by atoms with van der Waals surface area (Å²) in [6.07, 6.45) is 2.49. The zero-order chi connectivity index (χ0) is 28.1. The molecule has 0 aliphatic heterocycles. The van der Waals surface area contributed by atoms with Crippen LogP contribution in [0.5, 0.6) is 5.75 Å². The number of nitro groups is 1. The van der Waals surface area contributed by atoms with Crippen molar-refractivity contribution in [3.63, 3.8) is 0 Å². The molecule has 0 fully saturated rings. The number of fused-ring (bicyclic) bond motifs is 1. The van der Waals surface area contributed by atoms with Crippen LogP contribution in [0.3, 0.4) is 0 Å². The molecule has 1 heterocycles. The molecule has 200 valence electrons. The number of halogens is 2. The summed E-state index contributed by atoms with van der Waals surface area (Å²) < 4.78 is 7.94. The predicted molar refractivity (Wildman–Crippen MR) is 157 cm³/mol. The Bertz CT molecular complexity index is 1650. The first-order valence-electron chi connectivity index (χ1n) is 11.9. The Morgan fingerprint density at radius 2 is 1.90 bits per heavy atom. The van der Waals surface area contributed by atoms with Crippen molar-refractivity contribution in [2.45, 2.75) is 26.7 Å². The van der Waals surface area contributed by atoms with Gasteiger partial charge in [0, 0.05) is 32.7 Å². The molecule has 0 atom stereocenters. The number of nitro benzene ring substituents is 1. The Morgan fingerprint density at radius 1 is 1.15 bits per heavy atom. The minimum absolute atomic E-state index is 0.160. The van der Waals surface area contributed by atoms with Gasteiger partial charge in [-0.1, -0.05) is 56.5 Å². The van der Waals surface area contributed by atoms with Crippen molar-refractivity contribution in [2.75, 3.05) is 11.9 Å². The van der Waals surface area contributed by atoms with Crippen LogP contribution in [0.4, 0.5) is 11.4 Å². The van der Waals surface area contributed by atoms with Crippen molar-refractivity contribution in [3.8, 4) is 5.75 Å². The average Bonchev–Trinajstić information content (AvgIpc) is 2.89. The fourth-order valence-corrected chi connectivity index (χ4v) is 4.60. The molecule has 1 aromatic heterocycles. The SMILES string of the molecule is CCCc1nc2ccc(Br)cc2c(=O)n1N=Cc1cc(Br)cc([N+](=O)[O-])c1OCC(=O)Nc1ccc(C)cc1. The zero-order valence-electron chi connectivity index (χ0n) is 21.0. The number of hydrogen-bond acceptors (Lipinski definition) is 7. The largest absolute Gasteiger partial charge is 0.476 e. The number of amides is 1. The highest BCUT2D eigenvalue weighted by atomic mass is 79.9. The van der Waals surface area contributed by atoms with Crippen LogP contribution in [0, 0.1) is 17.0 Å². The Labute approximate surface area is 240 Å². The van der Waals surface area contributed by atoms with Gasteiger partial charge in [0.15, 0.2) is 6.61 Å². The van der Waals surface area contributed by atoms with Crippen molar-refractivity contribution in [2.24, 2.45) is 5.10 Å². The van der Waals surface area contributed by atoms with E-state index < -0.39 is 17.4 Å². The van der Waals surface area contributed by atoms with Gasteiger partial charge in [-0.15, -0.1) is 0 Å². The summed E-state index contributed by atoms with van der Waals surface area (Å²) in [7, 11) is 0. The molecule has 0 spiro atoms. The fourth-order valence-electron chi connectivity index (χ4n) is 3.78. The first-order valence-corrected chi connectivity index (χ1v) is 13.5. The van der Waals surface area contributed by atoms with E-state index in [9.17, 15) is 19.7 Å². The number of anilines is 1. The van der Waals surface area contributed by atoms with Gasteiger partial charge in [0.25, 0.3) is 11.5 Å². The Hall–Kier alpha value is -3.90. The number of rotatable bonds is 9. The van der Waals surface area contributed by atoms with Gasteiger partial charge in [-0.3, -0.25) is 19.7 Å². The lowest BCUT2D eigenvalue weighted by atomic mass is 10.2. The lowest BCUT2D eigenvalue weighted by Gasteiger charge is -2.12. The summed E-state index contributed by atoms with van der Waals surface area (Å²) in [5, 5.41) is 19.2. The molecular formula is C27H23Br2N5O5. The topological polar surface area (TPSA) is 129 Å². The molecular weight excluding hydrogens is 634 g/mol. The van der Waals surface area contributed by atoms with E-state index in [2.05, 4.69) is 47.3 Å². The highest BCUT2D eigenvalue weighted by Crippen LogP contribution is 2.34. The predicted octanol–water partition coefficient (Wildman–Crippen LogP) is 5.99. The van der Waals surface area contributed by atoms with Gasteiger partial charge >= 0.3 is 5.69 Å². The van der Waals surface area contributed by atoms with E-state index in [0.717, 1.165) is 16.5 Å². The van der Waals surface area contributed by atoms with Gasteiger partial charge in [-0.25, -0.2) is 4.98 Å². The normalized spacial score (nSPS) is 11.2. The van der Waals surface area contributed by atoms with Gasteiger partial charge in [0.2, 0.25) is 5.75 Å². The molecule has 3 aromatic carbocycles. The Kier molecular flexibility index (Phi) is 8.87. The van der Waals surface area contributed by atoms with Crippen LogP contribution in [-0.4, -0.2) is 33.3 Å². The molecule has 0 aliphatic carbocycles. The molecule has 0 saturated carbocycles. The van der Waals surface area contributed by atoms with Crippen LogP contribution in [-0.2, 0) is 11.2 Å². The summed E-state index contributed by atoms with van der Waals surface area (Å²) in [4.78, 5) is 41.7. The van der Waals surface area contributed by atoms with Crippen molar-refractivity contribution >= 4 is 66.3 Å². The number of nitrogens with zero attached hydrogens (tertiary/aromatic N) is 4. The smallest absolute Gasteiger partial charge is 0.312 e. The monoisotopic (exact) mass is 655 g/mol. The number of aryl methyl sites for hydroxylation is 2. The van der Waals surface area contributed by atoms with Crippen LogP contribution in [0.15, 0.2) is 73.4 Å². The molecule has 12 heteroatoms. The van der Waals surface area contributed by atoms with Crippen molar-refractivity contribution in [1.29, 1.82) is 0 Å². The average molecular weight is 657 g/mol. The van der Waals surface area contributed by atoms with E-state index >= 15 is 0 Å². The molecule has 1 N–H and O–H groups in total. The zero-order valence-corrected chi connectivity index (χ0v) is 24.2.